The third-order valence-electron chi connectivity index (χ3n) is 3.32. The number of hydrogen-bond donors (Lipinski definition) is 0. The molecule has 0 N–H and O–H groups in total. The molecule has 0 aliphatic carbocycles. The summed E-state index contributed by atoms with van der Waals surface area (Å²) in [5, 5.41) is 8.79. The van der Waals surface area contributed by atoms with Gasteiger partial charge in [0.25, 0.3) is 5.91 Å². The molecule has 0 saturated heterocycles. The monoisotopic (exact) mass is 306 g/mol. The molecule has 116 valence electrons. The van der Waals surface area contributed by atoms with Gasteiger partial charge in [-0.3, -0.25) is 4.79 Å². The molecule has 2 rings (SSSR count). The Balaban J connectivity index is 1.99. The number of hydrogen-bond acceptors (Lipinski definition) is 3. The quantitative estimate of drug-likeness (QED) is 0.769. The first kappa shape index (κ1) is 16.3. The summed E-state index contributed by atoms with van der Waals surface area (Å²) < 4.78 is 5.43. The number of nitriles is 1. The van der Waals surface area contributed by atoms with Crippen LogP contribution in [0.2, 0.25) is 0 Å². The number of amides is 1. The molecule has 0 saturated carbocycles. The molecule has 0 heterocycles. The van der Waals surface area contributed by atoms with Crippen molar-refractivity contribution in [3.8, 4) is 11.8 Å². The van der Waals surface area contributed by atoms with Gasteiger partial charge in [0.15, 0.2) is 0 Å². The average molecular weight is 306 g/mol. The molecule has 0 bridgehead atoms. The zero-order valence-electron chi connectivity index (χ0n) is 13.0. The summed E-state index contributed by atoms with van der Waals surface area (Å²) in [5.41, 5.74) is 2.12. The van der Waals surface area contributed by atoms with Gasteiger partial charge in [-0.1, -0.05) is 24.8 Å². The number of carbonyl (C=O) groups excluding carboxylic acids is 1. The van der Waals surface area contributed by atoms with Gasteiger partial charge in [-0.05, 0) is 42.0 Å². The maximum absolute atomic E-state index is 12.4. The molecule has 0 fully saturated rings. The molecule has 4 nitrogen and oxygen atoms in total. The molecule has 0 spiro atoms. The lowest BCUT2D eigenvalue weighted by Gasteiger charge is -2.17. The van der Waals surface area contributed by atoms with Crippen LogP contribution in [-0.2, 0) is 6.54 Å². The molecular formula is C19H18N2O2. The van der Waals surface area contributed by atoms with E-state index in [-0.39, 0.29) is 5.91 Å². The molecule has 0 aliphatic heterocycles. The van der Waals surface area contributed by atoms with Crippen LogP contribution in [0.5, 0.6) is 5.75 Å². The predicted molar refractivity (Wildman–Crippen MR) is 89.1 cm³/mol. The van der Waals surface area contributed by atoms with Gasteiger partial charge in [0.1, 0.15) is 12.4 Å². The normalized spacial score (nSPS) is 9.74. The third kappa shape index (κ3) is 4.45. The topological polar surface area (TPSA) is 53.3 Å². The van der Waals surface area contributed by atoms with Crippen molar-refractivity contribution in [1.29, 1.82) is 5.26 Å². The van der Waals surface area contributed by atoms with Crippen LogP contribution in [0.15, 0.2) is 61.2 Å². The van der Waals surface area contributed by atoms with Gasteiger partial charge >= 0.3 is 0 Å². The highest BCUT2D eigenvalue weighted by Crippen LogP contribution is 2.14. The van der Waals surface area contributed by atoms with E-state index in [2.05, 4.69) is 6.58 Å². The number of benzene rings is 2. The average Bonchev–Trinajstić information content (AvgIpc) is 2.60. The molecular weight excluding hydrogens is 288 g/mol. The van der Waals surface area contributed by atoms with Gasteiger partial charge in [0.2, 0.25) is 0 Å². The fourth-order valence-electron chi connectivity index (χ4n) is 2.10. The summed E-state index contributed by atoms with van der Waals surface area (Å²) in [4.78, 5) is 14.0. The van der Waals surface area contributed by atoms with Gasteiger partial charge < -0.3 is 9.64 Å². The Morgan fingerprint density at radius 1 is 1.22 bits per heavy atom. The first-order valence-electron chi connectivity index (χ1n) is 7.22. The van der Waals surface area contributed by atoms with E-state index >= 15 is 0 Å². The second kappa shape index (κ2) is 7.81. The van der Waals surface area contributed by atoms with E-state index in [4.69, 9.17) is 10.00 Å². The summed E-state index contributed by atoms with van der Waals surface area (Å²) in [7, 11) is 1.75. The minimum absolute atomic E-state index is 0.0820. The Kier molecular flexibility index (Phi) is 5.54. The Bertz CT molecular complexity index is 713. The van der Waals surface area contributed by atoms with Crippen molar-refractivity contribution in [1.82, 2.24) is 4.90 Å². The summed E-state index contributed by atoms with van der Waals surface area (Å²) in [6.07, 6.45) is 1.69. The van der Waals surface area contributed by atoms with Crippen LogP contribution in [0.25, 0.3) is 0 Å². The highest BCUT2D eigenvalue weighted by molar-refractivity contribution is 5.94. The summed E-state index contributed by atoms with van der Waals surface area (Å²) in [6, 6.07) is 16.3. The van der Waals surface area contributed by atoms with E-state index in [9.17, 15) is 4.79 Å². The Morgan fingerprint density at radius 3 is 2.43 bits per heavy atom. The smallest absolute Gasteiger partial charge is 0.253 e. The third-order valence-corrected chi connectivity index (χ3v) is 3.32. The SMILES string of the molecule is C=CCOc1ccc(CN(C)C(=O)c2ccc(C#N)cc2)cc1. The molecule has 2 aromatic rings. The molecule has 2 aromatic carbocycles. The van der Waals surface area contributed by atoms with E-state index in [1.54, 1.807) is 42.3 Å². The number of ether oxygens (including phenoxy) is 1. The number of carbonyl (C=O) groups is 1. The zero-order valence-corrected chi connectivity index (χ0v) is 13.0. The fourth-order valence-corrected chi connectivity index (χ4v) is 2.10. The lowest BCUT2D eigenvalue weighted by Crippen LogP contribution is -2.26. The van der Waals surface area contributed by atoms with Crippen molar-refractivity contribution in [2.24, 2.45) is 0 Å². The van der Waals surface area contributed by atoms with Gasteiger partial charge in [-0.2, -0.15) is 5.26 Å². The van der Waals surface area contributed by atoms with Gasteiger partial charge in [-0.15, -0.1) is 0 Å². The van der Waals surface area contributed by atoms with Crippen LogP contribution in [0.1, 0.15) is 21.5 Å². The van der Waals surface area contributed by atoms with E-state index in [0.29, 0.717) is 24.3 Å². The van der Waals surface area contributed by atoms with E-state index in [0.717, 1.165) is 11.3 Å². The lowest BCUT2D eigenvalue weighted by atomic mass is 10.1. The lowest BCUT2D eigenvalue weighted by molar-refractivity contribution is 0.0785. The molecule has 0 radical (unpaired) electrons. The minimum Gasteiger partial charge on any atom is -0.490 e. The largest absolute Gasteiger partial charge is 0.490 e. The van der Waals surface area contributed by atoms with Crippen molar-refractivity contribution in [3.63, 3.8) is 0 Å². The number of nitrogens with zero attached hydrogens (tertiary/aromatic N) is 2. The highest BCUT2D eigenvalue weighted by atomic mass is 16.5. The standard InChI is InChI=1S/C19H18N2O2/c1-3-12-23-18-10-6-16(7-11-18)14-21(2)19(22)17-8-4-15(13-20)5-9-17/h3-11H,1,12,14H2,2H3. The van der Waals surface area contributed by atoms with E-state index in [1.165, 1.54) is 0 Å². The Labute approximate surface area is 136 Å². The van der Waals surface area contributed by atoms with Crippen LogP contribution in [0.4, 0.5) is 0 Å². The second-order valence-electron chi connectivity index (χ2n) is 5.09. The molecule has 0 atom stereocenters. The van der Waals surface area contributed by atoms with Crippen LogP contribution in [0.3, 0.4) is 0 Å². The molecule has 0 aliphatic rings. The second-order valence-corrected chi connectivity index (χ2v) is 5.09. The zero-order chi connectivity index (χ0) is 16.7. The van der Waals surface area contributed by atoms with Gasteiger partial charge in [-0.25, -0.2) is 0 Å². The van der Waals surface area contributed by atoms with Crippen molar-refractivity contribution >= 4 is 5.91 Å². The number of rotatable bonds is 6. The van der Waals surface area contributed by atoms with Crippen molar-refractivity contribution in [3.05, 3.63) is 77.9 Å². The highest BCUT2D eigenvalue weighted by Gasteiger charge is 2.12. The van der Waals surface area contributed by atoms with Crippen LogP contribution in [0, 0.1) is 11.3 Å². The van der Waals surface area contributed by atoms with Crippen LogP contribution >= 0.6 is 0 Å². The van der Waals surface area contributed by atoms with Crippen molar-refractivity contribution in [2.75, 3.05) is 13.7 Å². The minimum atomic E-state index is -0.0820. The summed E-state index contributed by atoms with van der Waals surface area (Å²) in [6.45, 7) is 4.57. The van der Waals surface area contributed by atoms with Crippen LogP contribution < -0.4 is 4.74 Å². The fraction of sp³-hybridized carbons (Fsp3) is 0.158. The van der Waals surface area contributed by atoms with Gasteiger partial charge in [0.05, 0.1) is 11.6 Å². The summed E-state index contributed by atoms with van der Waals surface area (Å²) in [5.74, 6) is 0.691. The van der Waals surface area contributed by atoms with Crippen molar-refractivity contribution in [2.45, 2.75) is 6.54 Å². The van der Waals surface area contributed by atoms with Crippen molar-refractivity contribution < 1.29 is 9.53 Å². The molecule has 4 heteroatoms. The first-order valence-corrected chi connectivity index (χ1v) is 7.22. The molecule has 0 aromatic heterocycles. The molecule has 1 amide bonds. The maximum atomic E-state index is 12.4. The van der Waals surface area contributed by atoms with Gasteiger partial charge in [0, 0.05) is 19.2 Å². The predicted octanol–water partition coefficient (Wildman–Crippen LogP) is 3.40. The van der Waals surface area contributed by atoms with Crippen LogP contribution in [-0.4, -0.2) is 24.5 Å². The van der Waals surface area contributed by atoms with E-state index in [1.807, 2.05) is 30.3 Å². The summed E-state index contributed by atoms with van der Waals surface area (Å²) >= 11 is 0. The maximum Gasteiger partial charge on any atom is 0.253 e. The Morgan fingerprint density at radius 2 is 1.87 bits per heavy atom. The molecule has 0 unspecified atom stereocenters. The first-order chi connectivity index (χ1) is 11.1. The van der Waals surface area contributed by atoms with E-state index < -0.39 is 0 Å². The molecule has 23 heavy (non-hydrogen) atoms. The Hall–Kier alpha value is -3.06.